The van der Waals surface area contributed by atoms with Gasteiger partial charge in [0.15, 0.2) is 0 Å². The van der Waals surface area contributed by atoms with Crippen molar-refractivity contribution in [2.24, 2.45) is 0 Å². The summed E-state index contributed by atoms with van der Waals surface area (Å²) in [6.45, 7) is 7.09. The molecule has 1 nitrogen and oxygen atoms in total. The van der Waals surface area contributed by atoms with Gasteiger partial charge in [-0.1, -0.05) is 58.2 Å². The van der Waals surface area contributed by atoms with Crippen molar-refractivity contribution < 1.29 is 0 Å². The van der Waals surface area contributed by atoms with Crippen molar-refractivity contribution in [2.45, 2.75) is 44.6 Å². The second-order valence-corrected chi connectivity index (χ2v) is 8.84. The van der Waals surface area contributed by atoms with Gasteiger partial charge in [-0.3, -0.25) is 0 Å². The number of rotatable bonds is 5. The summed E-state index contributed by atoms with van der Waals surface area (Å²) in [6.07, 6.45) is 15.1. The highest BCUT2D eigenvalue weighted by atomic mass is 31.1. The van der Waals surface area contributed by atoms with E-state index in [9.17, 15) is 0 Å². The zero-order valence-corrected chi connectivity index (χ0v) is 13.7. The molecule has 0 aromatic rings. The van der Waals surface area contributed by atoms with Crippen molar-refractivity contribution in [2.75, 3.05) is 14.1 Å². The molecule has 2 atom stereocenters. The van der Waals surface area contributed by atoms with E-state index in [2.05, 4.69) is 76.2 Å². The van der Waals surface area contributed by atoms with Gasteiger partial charge in [-0.2, -0.15) is 0 Å². The first kappa shape index (κ1) is 14.8. The Morgan fingerprint density at radius 2 is 1.79 bits per heavy atom. The van der Waals surface area contributed by atoms with E-state index in [1.165, 1.54) is 0 Å². The van der Waals surface area contributed by atoms with Gasteiger partial charge in [-0.15, -0.1) is 0 Å². The van der Waals surface area contributed by atoms with Crippen LogP contribution < -0.4 is 0 Å². The Morgan fingerprint density at radius 1 is 1.16 bits per heavy atom. The Labute approximate surface area is 119 Å². The van der Waals surface area contributed by atoms with Crippen LogP contribution in [0.1, 0.15) is 27.2 Å². The molecule has 0 fully saturated rings. The van der Waals surface area contributed by atoms with Gasteiger partial charge in [0, 0.05) is 11.7 Å². The van der Waals surface area contributed by atoms with E-state index < -0.39 is 0 Å². The maximum Gasteiger partial charge on any atom is 0.0285 e. The summed E-state index contributed by atoms with van der Waals surface area (Å²) in [6, 6.07) is 0.545. The zero-order valence-electron chi connectivity index (χ0n) is 12.8. The molecule has 19 heavy (non-hydrogen) atoms. The minimum Gasteiger partial charge on any atom is -0.303 e. The van der Waals surface area contributed by atoms with E-state index in [-0.39, 0.29) is 7.92 Å². The summed E-state index contributed by atoms with van der Waals surface area (Å²) in [4.78, 5) is 2.33. The molecule has 2 aliphatic rings. The quantitative estimate of drug-likeness (QED) is 0.666. The Morgan fingerprint density at radius 3 is 2.32 bits per heavy atom. The highest BCUT2D eigenvalue weighted by Gasteiger charge is 2.29. The van der Waals surface area contributed by atoms with Gasteiger partial charge >= 0.3 is 0 Å². The molecule has 0 saturated heterocycles. The molecule has 2 aliphatic carbocycles. The molecule has 0 aromatic carbocycles. The van der Waals surface area contributed by atoms with E-state index in [4.69, 9.17) is 0 Å². The summed E-state index contributed by atoms with van der Waals surface area (Å²) >= 11 is 0. The van der Waals surface area contributed by atoms with Gasteiger partial charge in [0.25, 0.3) is 0 Å². The minimum absolute atomic E-state index is 0.126. The van der Waals surface area contributed by atoms with Crippen molar-refractivity contribution in [3.63, 3.8) is 0 Å². The smallest absolute Gasteiger partial charge is 0.0285 e. The monoisotopic (exact) mass is 275 g/mol. The van der Waals surface area contributed by atoms with Crippen LogP contribution in [0, 0.1) is 0 Å². The molecule has 0 aliphatic heterocycles. The Balaban J connectivity index is 2.33. The van der Waals surface area contributed by atoms with E-state index >= 15 is 0 Å². The standard InChI is InChI=1S/C17H26NP/c1-13(2)19(15-9-6-7-10-15)17-12-8-11-16(17)14(3)18(4)5/h6-10,12-15H,11H2,1-5H3/t14-,19+/m1/s1. The average molecular weight is 275 g/mol. The maximum atomic E-state index is 2.40. The van der Waals surface area contributed by atoms with Gasteiger partial charge in [-0.05, 0) is 44.0 Å². The molecule has 0 heterocycles. The van der Waals surface area contributed by atoms with Crippen molar-refractivity contribution in [1.29, 1.82) is 0 Å². The molecular weight excluding hydrogens is 249 g/mol. The van der Waals surface area contributed by atoms with Gasteiger partial charge in [0.2, 0.25) is 0 Å². The van der Waals surface area contributed by atoms with Crippen molar-refractivity contribution in [3.8, 4) is 0 Å². The van der Waals surface area contributed by atoms with E-state index in [0.29, 0.717) is 11.7 Å². The Bertz CT molecular complexity index is 428. The predicted molar refractivity (Wildman–Crippen MR) is 88.1 cm³/mol. The third-order valence-corrected chi connectivity index (χ3v) is 7.20. The number of allylic oxidation sites excluding steroid dienone is 7. The van der Waals surface area contributed by atoms with Crippen LogP contribution in [0.25, 0.3) is 0 Å². The van der Waals surface area contributed by atoms with Crippen LogP contribution in [0.15, 0.2) is 47.3 Å². The fourth-order valence-electron chi connectivity index (χ4n) is 2.85. The molecule has 0 N–H and O–H groups in total. The highest BCUT2D eigenvalue weighted by Crippen LogP contribution is 2.58. The predicted octanol–water partition coefficient (Wildman–Crippen LogP) is 4.54. The molecule has 0 unspecified atom stereocenters. The second-order valence-electron chi connectivity index (χ2n) is 5.92. The van der Waals surface area contributed by atoms with Gasteiger partial charge in [-0.25, -0.2) is 0 Å². The van der Waals surface area contributed by atoms with Crippen LogP contribution in [0.4, 0.5) is 0 Å². The topological polar surface area (TPSA) is 3.24 Å². The van der Waals surface area contributed by atoms with Crippen molar-refractivity contribution >= 4 is 7.92 Å². The SMILES string of the molecule is CC(C)[P@](C1=C([C@@H](C)N(C)C)CC=C1)C1C=CC=C1. The largest absolute Gasteiger partial charge is 0.303 e. The molecule has 2 heteroatoms. The molecule has 0 aromatic heterocycles. The first-order valence-corrected chi connectivity index (χ1v) is 8.69. The molecule has 0 amide bonds. The van der Waals surface area contributed by atoms with Gasteiger partial charge < -0.3 is 4.90 Å². The third kappa shape index (κ3) is 3.09. The van der Waals surface area contributed by atoms with Crippen molar-refractivity contribution in [1.82, 2.24) is 4.90 Å². The van der Waals surface area contributed by atoms with Crippen LogP contribution >= 0.6 is 7.92 Å². The lowest BCUT2D eigenvalue weighted by Crippen LogP contribution is -2.27. The lowest BCUT2D eigenvalue weighted by Gasteiger charge is -2.31. The van der Waals surface area contributed by atoms with E-state index in [1.54, 1.807) is 10.9 Å². The molecule has 0 radical (unpaired) electrons. The van der Waals surface area contributed by atoms with E-state index in [1.807, 2.05) is 0 Å². The molecule has 104 valence electrons. The summed E-state index contributed by atoms with van der Waals surface area (Å²) in [7, 11) is 4.24. The maximum absolute atomic E-state index is 2.40. The van der Waals surface area contributed by atoms with Crippen LogP contribution in [0.5, 0.6) is 0 Å². The minimum atomic E-state index is -0.126. The molecule has 0 spiro atoms. The molecule has 2 rings (SSSR count). The second kappa shape index (κ2) is 6.20. The number of hydrogen-bond acceptors (Lipinski definition) is 1. The lowest BCUT2D eigenvalue weighted by atomic mass is 10.1. The molecule has 0 bridgehead atoms. The fraction of sp³-hybridized carbons (Fsp3) is 0.529. The van der Waals surface area contributed by atoms with Crippen LogP contribution in [0.2, 0.25) is 0 Å². The van der Waals surface area contributed by atoms with Crippen LogP contribution in [-0.4, -0.2) is 36.4 Å². The molecular formula is C17H26NP. The first-order valence-electron chi connectivity index (χ1n) is 7.21. The van der Waals surface area contributed by atoms with Crippen LogP contribution in [0.3, 0.4) is 0 Å². The van der Waals surface area contributed by atoms with Crippen molar-refractivity contribution in [3.05, 3.63) is 47.3 Å². The number of hydrogen-bond donors (Lipinski definition) is 0. The summed E-state index contributed by atoms with van der Waals surface area (Å²) in [5.41, 5.74) is 3.00. The highest BCUT2D eigenvalue weighted by molar-refractivity contribution is 7.64. The Kier molecular flexibility index (Phi) is 4.81. The zero-order chi connectivity index (χ0) is 14.0. The first-order chi connectivity index (χ1) is 9.02. The normalized spacial score (nSPS) is 22.3. The summed E-state index contributed by atoms with van der Waals surface area (Å²) in [5.74, 6) is 0. The summed E-state index contributed by atoms with van der Waals surface area (Å²) in [5, 5.41) is 1.65. The third-order valence-electron chi connectivity index (χ3n) is 4.10. The lowest BCUT2D eigenvalue weighted by molar-refractivity contribution is 0.348. The number of nitrogens with zero attached hydrogens (tertiary/aromatic N) is 1. The van der Waals surface area contributed by atoms with E-state index in [0.717, 1.165) is 12.1 Å². The van der Waals surface area contributed by atoms with Gasteiger partial charge in [0.05, 0.1) is 0 Å². The van der Waals surface area contributed by atoms with Gasteiger partial charge in [0.1, 0.15) is 0 Å². The average Bonchev–Trinajstić information content (AvgIpc) is 2.99. The molecule has 0 saturated carbocycles. The van der Waals surface area contributed by atoms with Crippen LogP contribution in [-0.2, 0) is 0 Å². The Hall–Kier alpha value is -0.650. The fourth-order valence-corrected chi connectivity index (χ4v) is 5.87. The summed E-state index contributed by atoms with van der Waals surface area (Å²) < 4.78 is 0. The number of likely N-dealkylation sites (N-methyl/N-ethyl adjacent to an activating group) is 1.